The Kier molecular flexibility index (Phi) is 3.84. The van der Waals surface area contributed by atoms with E-state index in [0.29, 0.717) is 11.9 Å². The lowest BCUT2D eigenvalue weighted by molar-refractivity contribution is 0.357. The SMILES string of the molecule is Cc1cc(C2CCCN2c2nc(C)cc(Nc3cc(C4CC4)[nH]n3)n2)on1. The number of aromatic nitrogens is 5. The maximum Gasteiger partial charge on any atom is 0.228 e. The number of hydrogen-bond donors (Lipinski definition) is 2. The summed E-state index contributed by atoms with van der Waals surface area (Å²) in [5.74, 6) is 3.79. The van der Waals surface area contributed by atoms with E-state index in [1.54, 1.807) is 0 Å². The van der Waals surface area contributed by atoms with E-state index >= 15 is 0 Å². The molecular formula is C19H23N7O. The number of aryl methyl sites for hydroxylation is 2. The minimum Gasteiger partial charge on any atom is -0.359 e. The molecule has 0 radical (unpaired) electrons. The molecular weight excluding hydrogens is 342 g/mol. The van der Waals surface area contributed by atoms with Crippen LogP contribution in [0.4, 0.5) is 17.6 Å². The van der Waals surface area contributed by atoms with Gasteiger partial charge in [-0.15, -0.1) is 0 Å². The van der Waals surface area contributed by atoms with Crippen LogP contribution in [0.5, 0.6) is 0 Å². The van der Waals surface area contributed by atoms with E-state index in [4.69, 9.17) is 9.51 Å². The van der Waals surface area contributed by atoms with Crippen LogP contribution in [0.15, 0.2) is 22.7 Å². The maximum atomic E-state index is 5.51. The van der Waals surface area contributed by atoms with E-state index in [0.717, 1.165) is 48.2 Å². The first-order valence-corrected chi connectivity index (χ1v) is 9.53. The average molecular weight is 365 g/mol. The highest BCUT2D eigenvalue weighted by Crippen LogP contribution is 2.40. The molecule has 1 aliphatic heterocycles. The van der Waals surface area contributed by atoms with Crippen molar-refractivity contribution in [3.63, 3.8) is 0 Å². The van der Waals surface area contributed by atoms with E-state index in [2.05, 4.69) is 36.6 Å². The zero-order valence-electron chi connectivity index (χ0n) is 15.6. The lowest BCUT2D eigenvalue weighted by atomic mass is 10.1. The molecule has 3 aromatic heterocycles. The van der Waals surface area contributed by atoms with Crippen molar-refractivity contribution in [3.8, 4) is 0 Å². The fourth-order valence-electron chi connectivity index (χ4n) is 3.72. The minimum atomic E-state index is 0.132. The van der Waals surface area contributed by atoms with Crippen LogP contribution in [0.2, 0.25) is 0 Å². The summed E-state index contributed by atoms with van der Waals surface area (Å²) >= 11 is 0. The molecule has 4 heterocycles. The molecule has 0 spiro atoms. The molecule has 140 valence electrons. The third-order valence-corrected chi connectivity index (χ3v) is 5.20. The van der Waals surface area contributed by atoms with Gasteiger partial charge in [0.15, 0.2) is 11.6 Å². The topological polar surface area (TPSA) is 95.8 Å². The molecule has 0 amide bonds. The molecule has 1 unspecified atom stereocenters. The monoisotopic (exact) mass is 365 g/mol. The largest absolute Gasteiger partial charge is 0.359 e. The summed E-state index contributed by atoms with van der Waals surface area (Å²) in [4.78, 5) is 11.6. The van der Waals surface area contributed by atoms with Crippen LogP contribution in [0, 0.1) is 13.8 Å². The van der Waals surface area contributed by atoms with E-state index in [9.17, 15) is 0 Å². The molecule has 8 heteroatoms. The lowest BCUT2D eigenvalue weighted by Crippen LogP contribution is -2.25. The Balaban J connectivity index is 1.40. The Morgan fingerprint density at radius 1 is 1.07 bits per heavy atom. The van der Waals surface area contributed by atoms with Crippen molar-refractivity contribution in [2.24, 2.45) is 0 Å². The number of nitrogens with one attached hydrogen (secondary N) is 2. The summed E-state index contributed by atoms with van der Waals surface area (Å²) in [6.45, 7) is 4.83. The van der Waals surface area contributed by atoms with E-state index < -0.39 is 0 Å². The molecule has 2 fully saturated rings. The fraction of sp³-hybridized carbons (Fsp3) is 0.474. The molecule has 0 aromatic carbocycles. The highest BCUT2D eigenvalue weighted by Gasteiger charge is 2.31. The van der Waals surface area contributed by atoms with Gasteiger partial charge in [-0.1, -0.05) is 5.16 Å². The van der Waals surface area contributed by atoms with Crippen molar-refractivity contribution in [2.75, 3.05) is 16.8 Å². The van der Waals surface area contributed by atoms with Crippen LogP contribution in [0.1, 0.15) is 60.5 Å². The Morgan fingerprint density at radius 2 is 1.96 bits per heavy atom. The quantitative estimate of drug-likeness (QED) is 0.710. The summed E-state index contributed by atoms with van der Waals surface area (Å²) < 4.78 is 5.51. The van der Waals surface area contributed by atoms with Gasteiger partial charge in [0, 0.05) is 42.0 Å². The van der Waals surface area contributed by atoms with E-state index in [1.807, 2.05) is 26.0 Å². The molecule has 2 N–H and O–H groups in total. The number of nitrogens with zero attached hydrogens (tertiary/aromatic N) is 5. The fourth-order valence-corrected chi connectivity index (χ4v) is 3.72. The first-order chi connectivity index (χ1) is 13.2. The van der Waals surface area contributed by atoms with Gasteiger partial charge in [-0.3, -0.25) is 5.10 Å². The molecule has 1 atom stereocenters. The predicted octanol–water partition coefficient (Wildman–Crippen LogP) is 3.77. The summed E-state index contributed by atoms with van der Waals surface area (Å²) in [7, 11) is 0. The van der Waals surface area contributed by atoms with Gasteiger partial charge >= 0.3 is 0 Å². The van der Waals surface area contributed by atoms with Crippen LogP contribution in [-0.2, 0) is 0 Å². The van der Waals surface area contributed by atoms with Gasteiger partial charge in [0.2, 0.25) is 5.95 Å². The molecule has 2 aliphatic rings. The molecule has 3 aromatic rings. The van der Waals surface area contributed by atoms with Gasteiger partial charge in [0.05, 0.1) is 11.7 Å². The van der Waals surface area contributed by atoms with Crippen molar-refractivity contribution in [1.82, 2.24) is 25.3 Å². The van der Waals surface area contributed by atoms with Crippen molar-refractivity contribution in [1.29, 1.82) is 0 Å². The molecule has 0 bridgehead atoms. The molecule has 1 saturated heterocycles. The maximum absolute atomic E-state index is 5.51. The van der Waals surface area contributed by atoms with E-state index in [-0.39, 0.29) is 6.04 Å². The van der Waals surface area contributed by atoms with Gasteiger partial charge < -0.3 is 14.7 Å². The number of hydrogen-bond acceptors (Lipinski definition) is 7. The van der Waals surface area contributed by atoms with Gasteiger partial charge in [-0.25, -0.2) is 4.98 Å². The first kappa shape index (κ1) is 16.3. The second kappa shape index (κ2) is 6.37. The van der Waals surface area contributed by atoms with Crippen LogP contribution in [-0.4, -0.2) is 31.9 Å². The number of rotatable bonds is 5. The summed E-state index contributed by atoms with van der Waals surface area (Å²) in [5, 5.41) is 14.8. The molecule has 8 nitrogen and oxygen atoms in total. The van der Waals surface area contributed by atoms with Crippen molar-refractivity contribution >= 4 is 17.6 Å². The van der Waals surface area contributed by atoms with Gasteiger partial charge in [-0.2, -0.15) is 10.1 Å². The smallest absolute Gasteiger partial charge is 0.228 e. The average Bonchev–Trinajstić information content (AvgIpc) is 3.04. The normalized spacial score (nSPS) is 19.6. The van der Waals surface area contributed by atoms with Crippen molar-refractivity contribution < 1.29 is 4.52 Å². The number of aromatic amines is 1. The second-order valence-corrected chi connectivity index (χ2v) is 7.52. The Labute approximate surface area is 157 Å². The third-order valence-electron chi connectivity index (χ3n) is 5.20. The van der Waals surface area contributed by atoms with Gasteiger partial charge in [0.1, 0.15) is 5.82 Å². The van der Waals surface area contributed by atoms with E-state index in [1.165, 1.54) is 18.5 Å². The summed E-state index contributed by atoms with van der Waals surface area (Å²) in [6, 6.07) is 6.15. The Morgan fingerprint density at radius 3 is 2.74 bits per heavy atom. The molecule has 5 rings (SSSR count). The predicted molar refractivity (Wildman–Crippen MR) is 101 cm³/mol. The third kappa shape index (κ3) is 3.27. The highest BCUT2D eigenvalue weighted by molar-refractivity contribution is 5.55. The summed E-state index contributed by atoms with van der Waals surface area (Å²) in [5.41, 5.74) is 3.01. The highest BCUT2D eigenvalue weighted by atomic mass is 16.5. The Bertz CT molecular complexity index is 959. The van der Waals surface area contributed by atoms with Crippen molar-refractivity contribution in [2.45, 2.75) is 51.5 Å². The van der Waals surface area contributed by atoms with Crippen LogP contribution >= 0.6 is 0 Å². The van der Waals surface area contributed by atoms with Crippen LogP contribution in [0.3, 0.4) is 0 Å². The second-order valence-electron chi connectivity index (χ2n) is 7.52. The van der Waals surface area contributed by atoms with Crippen molar-refractivity contribution in [3.05, 3.63) is 41.0 Å². The molecule has 27 heavy (non-hydrogen) atoms. The zero-order chi connectivity index (χ0) is 18.4. The Hall–Kier alpha value is -2.90. The van der Waals surface area contributed by atoms with Crippen LogP contribution < -0.4 is 10.2 Å². The molecule has 1 saturated carbocycles. The number of H-pyrrole nitrogens is 1. The summed E-state index contributed by atoms with van der Waals surface area (Å²) in [6.07, 6.45) is 4.58. The van der Waals surface area contributed by atoms with Gasteiger partial charge in [-0.05, 0) is 39.5 Å². The minimum absolute atomic E-state index is 0.132. The first-order valence-electron chi connectivity index (χ1n) is 9.53. The molecule has 1 aliphatic carbocycles. The van der Waals surface area contributed by atoms with Gasteiger partial charge in [0.25, 0.3) is 0 Å². The van der Waals surface area contributed by atoms with Crippen LogP contribution in [0.25, 0.3) is 0 Å². The standard InChI is InChI=1S/C19H23N7O/c1-11-9-17(21-18-10-14(23-24-18)13-5-6-13)22-19(20-11)26-7-3-4-15(26)16-8-12(2)25-27-16/h8-10,13,15H,3-7H2,1-2H3,(H2,20,21,22,23,24). The zero-order valence-corrected chi connectivity index (χ0v) is 15.6. The lowest BCUT2D eigenvalue weighted by Gasteiger charge is -2.23. The number of anilines is 3.